The van der Waals surface area contributed by atoms with Gasteiger partial charge in [0, 0.05) is 35.3 Å². The lowest BCUT2D eigenvalue weighted by Gasteiger charge is -2.02. The molecule has 0 aliphatic rings. The van der Waals surface area contributed by atoms with E-state index in [0.29, 0.717) is 23.9 Å². The standard InChI is InChI=1S/C15H15ClN2O3/c1-20-9-13-5-12(17-21-13)7-18-6-10(8-19)14-3-2-11(16)4-15(14)18/h2-6,19H,7-9H2,1H3. The minimum Gasteiger partial charge on any atom is -0.392 e. The van der Waals surface area contributed by atoms with Crippen molar-refractivity contribution in [1.29, 1.82) is 0 Å². The van der Waals surface area contributed by atoms with Crippen LogP contribution in [-0.2, 0) is 24.5 Å². The van der Waals surface area contributed by atoms with Crippen molar-refractivity contribution in [2.24, 2.45) is 0 Å². The quantitative estimate of drug-likeness (QED) is 0.787. The van der Waals surface area contributed by atoms with E-state index in [4.69, 9.17) is 20.9 Å². The number of nitrogens with zero attached hydrogens (tertiary/aromatic N) is 2. The van der Waals surface area contributed by atoms with Gasteiger partial charge in [-0.2, -0.15) is 0 Å². The van der Waals surface area contributed by atoms with Gasteiger partial charge in [-0.1, -0.05) is 22.8 Å². The second kappa shape index (κ2) is 5.89. The van der Waals surface area contributed by atoms with Crippen LogP contribution in [0.1, 0.15) is 17.0 Å². The van der Waals surface area contributed by atoms with E-state index in [2.05, 4.69) is 5.16 Å². The van der Waals surface area contributed by atoms with Crippen molar-refractivity contribution in [2.45, 2.75) is 19.8 Å². The summed E-state index contributed by atoms with van der Waals surface area (Å²) in [7, 11) is 1.61. The number of halogens is 1. The van der Waals surface area contributed by atoms with Crippen LogP contribution in [0, 0.1) is 0 Å². The average molecular weight is 307 g/mol. The third-order valence-corrected chi connectivity index (χ3v) is 3.56. The highest BCUT2D eigenvalue weighted by Gasteiger charge is 2.11. The number of fused-ring (bicyclic) bond motifs is 1. The zero-order chi connectivity index (χ0) is 14.8. The molecule has 3 aromatic rings. The molecule has 1 N–H and O–H groups in total. The molecule has 2 aromatic heterocycles. The normalized spacial score (nSPS) is 11.4. The molecular formula is C15H15ClN2O3. The van der Waals surface area contributed by atoms with E-state index in [-0.39, 0.29) is 6.61 Å². The van der Waals surface area contributed by atoms with E-state index in [1.165, 1.54) is 0 Å². The molecule has 0 radical (unpaired) electrons. The predicted molar refractivity (Wildman–Crippen MR) is 79.2 cm³/mol. The molecule has 2 heterocycles. The van der Waals surface area contributed by atoms with Crippen molar-refractivity contribution in [2.75, 3.05) is 7.11 Å². The van der Waals surface area contributed by atoms with Crippen molar-refractivity contribution in [3.63, 3.8) is 0 Å². The van der Waals surface area contributed by atoms with Gasteiger partial charge >= 0.3 is 0 Å². The Hall–Kier alpha value is -1.82. The molecule has 5 nitrogen and oxygen atoms in total. The van der Waals surface area contributed by atoms with Crippen molar-refractivity contribution < 1.29 is 14.4 Å². The van der Waals surface area contributed by atoms with Gasteiger partial charge < -0.3 is 18.9 Å². The van der Waals surface area contributed by atoms with E-state index in [1.54, 1.807) is 7.11 Å². The summed E-state index contributed by atoms with van der Waals surface area (Å²) in [4.78, 5) is 0. The average Bonchev–Trinajstić information content (AvgIpc) is 3.05. The number of hydrogen-bond donors (Lipinski definition) is 1. The summed E-state index contributed by atoms with van der Waals surface area (Å²) in [5.41, 5.74) is 2.62. The third-order valence-electron chi connectivity index (χ3n) is 3.32. The molecular weight excluding hydrogens is 292 g/mol. The van der Waals surface area contributed by atoms with Gasteiger partial charge in [-0.25, -0.2) is 0 Å². The fraction of sp³-hybridized carbons (Fsp3) is 0.267. The third kappa shape index (κ3) is 2.81. The van der Waals surface area contributed by atoms with Crippen LogP contribution in [0.2, 0.25) is 5.02 Å². The maximum atomic E-state index is 9.46. The molecule has 0 bridgehead atoms. The second-order valence-corrected chi connectivity index (χ2v) is 5.26. The van der Waals surface area contributed by atoms with Gasteiger partial charge in [-0.15, -0.1) is 0 Å². The Balaban J connectivity index is 1.97. The van der Waals surface area contributed by atoms with Crippen molar-refractivity contribution >= 4 is 22.5 Å². The Morgan fingerprint density at radius 3 is 3.00 bits per heavy atom. The van der Waals surface area contributed by atoms with E-state index >= 15 is 0 Å². The molecule has 1 aromatic carbocycles. The molecule has 0 spiro atoms. The van der Waals surface area contributed by atoms with E-state index in [1.807, 2.05) is 35.0 Å². The fourth-order valence-corrected chi connectivity index (χ4v) is 2.58. The minimum atomic E-state index is -0.0150. The second-order valence-electron chi connectivity index (χ2n) is 4.82. The summed E-state index contributed by atoms with van der Waals surface area (Å²) in [6, 6.07) is 7.48. The molecule has 110 valence electrons. The molecule has 0 aliphatic heterocycles. The maximum Gasteiger partial charge on any atom is 0.162 e. The van der Waals surface area contributed by atoms with Gasteiger partial charge in [0.15, 0.2) is 5.76 Å². The number of methoxy groups -OCH3 is 1. The van der Waals surface area contributed by atoms with Crippen LogP contribution in [0.5, 0.6) is 0 Å². The van der Waals surface area contributed by atoms with Crippen LogP contribution in [0.15, 0.2) is 35.0 Å². The first-order chi connectivity index (χ1) is 10.2. The number of aromatic nitrogens is 2. The molecule has 0 fully saturated rings. The minimum absolute atomic E-state index is 0.0150. The van der Waals surface area contributed by atoms with Crippen LogP contribution in [-0.4, -0.2) is 21.9 Å². The molecule has 0 atom stereocenters. The lowest BCUT2D eigenvalue weighted by atomic mass is 10.2. The predicted octanol–water partition coefficient (Wildman–Crippen LogP) is 2.97. The number of ether oxygens (including phenoxy) is 1. The van der Waals surface area contributed by atoms with Crippen molar-refractivity contribution in [1.82, 2.24) is 9.72 Å². The Morgan fingerprint density at radius 1 is 1.38 bits per heavy atom. The molecule has 0 amide bonds. The van der Waals surface area contributed by atoms with Crippen LogP contribution < -0.4 is 0 Å². The van der Waals surface area contributed by atoms with E-state index in [9.17, 15) is 5.11 Å². The van der Waals surface area contributed by atoms with E-state index in [0.717, 1.165) is 22.2 Å². The first kappa shape index (κ1) is 14.1. The number of aliphatic hydroxyl groups excluding tert-OH is 1. The Kier molecular flexibility index (Phi) is 3.96. The maximum absolute atomic E-state index is 9.46. The molecule has 6 heteroatoms. The summed E-state index contributed by atoms with van der Waals surface area (Å²) < 4.78 is 12.2. The van der Waals surface area contributed by atoms with Crippen LogP contribution in [0.3, 0.4) is 0 Å². The summed E-state index contributed by atoms with van der Waals surface area (Å²) in [5, 5.41) is 15.1. The topological polar surface area (TPSA) is 60.4 Å². The van der Waals surface area contributed by atoms with Crippen LogP contribution >= 0.6 is 11.6 Å². The fourth-order valence-electron chi connectivity index (χ4n) is 2.41. The number of hydrogen-bond acceptors (Lipinski definition) is 4. The molecule has 0 saturated heterocycles. The first-order valence-electron chi connectivity index (χ1n) is 6.53. The summed E-state index contributed by atoms with van der Waals surface area (Å²) in [5.74, 6) is 0.685. The van der Waals surface area contributed by atoms with Gasteiger partial charge in [-0.3, -0.25) is 0 Å². The smallest absolute Gasteiger partial charge is 0.162 e. The summed E-state index contributed by atoms with van der Waals surface area (Å²) >= 11 is 6.06. The summed E-state index contributed by atoms with van der Waals surface area (Å²) in [6.07, 6.45) is 1.91. The Morgan fingerprint density at radius 2 is 2.24 bits per heavy atom. The van der Waals surface area contributed by atoms with E-state index < -0.39 is 0 Å². The highest BCUT2D eigenvalue weighted by atomic mass is 35.5. The number of rotatable bonds is 5. The van der Waals surface area contributed by atoms with Gasteiger partial charge in [0.1, 0.15) is 12.3 Å². The summed E-state index contributed by atoms with van der Waals surface area (Å²) in [6.45, 7) is 0.927. The lowest BCUT2D eigenvalue weighted by molar-refractivity contribution is 0.155. The SMILES string of the molecule is COCc1cc(Cn2cc(CO)c3ccc(Cl)cc32)no1. The lowest BCUT2D eigenvalue weighted by Crippen LogP contribution is -1.98. The van der Waals surface area contributed by atoms with Crippen molar-refractivity contribution in [3.05, 3.63) is 52.5 Å². The van der Waals surface area contributed by atoms with Gasteiger partial charge in [-0.05, 0) is 12.1 Å². The molecule has 21 heavy (non-hydrogen) atoms. The monoisotopic (exact) mass is 306 g/mol. The highest BCUT2D eigenvalue weighted by Crippen LogP contribution is 2.25. The Labute approximate surface area is 126 Å². The van der Waals surface area contributed by atoms with Crippen LogP contribution in [0.4, 0.5) is 0 Å². The highest BCUT2D eigenvalue weighted by molar-refractivity contribution is 6.31. The first-order valence-corrected chi connectivity index (χ1v) is 6.90. The van der Waals surface area contributed by atoms with Crippen LogP contribution in [0.25, 0.3) is 10.9 Å². The largest absolute Gasteiger partial charge is 0.392 e. The van der Waals surface area contributed by atoms with Crippen molar-refractivity contribution in [3.8, 4) is 0 Å². The van der Waals surface area contributed by atoms with Gasteiger partial charge in [0.05, 0.1) is 18.7 Å². The Bertz CT molecular complexity index is 763. The molecule has 0 saturated carbocycles. The number of aliphatic hydroxyl groups is 1. The van der Waals surface area contributed by atoms with Gasteiger partial charge in [0.25, 0.3) is 0 Å². The molecule has 0 unspecified atom stereocenters. The molecule has 3 rings (SSSR count). The zero-order valence-electron chi connectivity index (χ0n) is 11.5. The zero-order valence-corrected chi connectivity index (χ0v) is 12.3. The van der Waals surface area contributed by atoms with Gasteiger partial charge in [0.2, 0.25) is 0 Å². The molecule has 0 aliphatic carbocycles. The number of benzene rings is 1.